The highest BCUT2D eigenvalue weighted by atomic mass is 79.9. The van der Waals surface area contributed by atoms with Crippen LogP contribution in [0.4, 0.5) is 8.78 Å². The molecule has 1 N–H and O–H groups in total. The molecule has 1 aromatic heterocycles. The normalized spacial score (nSPS) is 10.9. The molecule has 0 bridgehead atoms. The van der Waals surface area contributed by atoms with E-state index in [9.17, 15) is 18.4 Å². The average Bonchev–Trinajstić information content (AvgIpc) is 2.62. The van der Waals surface area contributed by atoms with E-state index in [-0.39, 0.29) is 35.5 Å². The number of nitrogens with one attached hydrogen (secondary N) is 1. The minimum atomic E-state index is -0.736. The average molecular weight is 437 g/mol. The van der Waals surface area contributed by atoms with Crippen LogP contribution in [0.2, 0.25) is 0 Å². The lowest BCUT2D eigenvalue weighted by Crippen LogP contribution is -2.34. The van der Waals surface area contributed by atoms with Gasteiger partial charge < -0.3 is 4.74 Å². The number of nitrogens with zero attached hydrogens (tertiary/aromatic N) is 1. The SMILES string of the molecule is O=c1[nH]c(=O)n(COCc2ccccc2)c(Cc2cc(F)cc(F)c2)c1Br. The molecule has 0 unspecified atom stereocenters. The molecule has 0 atom stereocenters. The predicted molar refractivity (Wildman–Crippen MR) is 99.4 cm³/mol. The van der Waals surface area contributed by atoms with Gasteiger partial charge in [0.25, 0.3) is 5.56 Å². The van der Waals surface area contributed by atoms with E-state index in [0.717, 1.165) is 23.8 Å². The smallest absolute Gasteiger partial charge is 0.330 e. The van der Waals surface area contributed by atoms with Crippen LogP contribution in [0.3, 0.4) is 0 Å². The minimum absolute atomic E-state index is 0.0247. The van der Waals surface area contributed by atoms with Crippen molar-refractivity contribution < 1.29 is 13.5 Å². The topological polar surface area (TPSA) is 64.1 Å². The number of aromatic amines is 1. The molecule has 1 heterocycles. The molecule has 27 heavy (non-hydrogen) atoms. The number of halogens is 3. The van der Waals surface area contributed by atoms with Crippen molar-refractivity contribution in [1.82, 2.24) is 9.55 Å². The number of hydrogen-bond donors (Lipinski definition) is 1. The number of aromatic nitrogens is 2. The highest BCUT2D eigenvalue weighted by Crippen LogP contribution is 2.17. The molecule has 0 saturated heterocycles. The Morgan fingerprint density at radius 3 is 2.33 bits per heavy atom. The molecular formula is C19H15BrF2N2O3. The second kappa shape index (κ2) is 8.41. The van der Waals surface area contributed by atoms with E-state index in [4.69, 9.17) is 4.74 Å². The van der Waals surface area contributed by atoms with Crippen LogP contribution in [0, 0.1) is 11.6 Å². The molecule has 0 radical (unpaired) electrons. The van der Waals surface area contributed by atoms with Gasteiger partial charge in [0.05, 0.1) is 6.61 Å². The second-order valence-corrected chi connectivity index (χ2v) is 6.66. The van der Waals surface area contributed by atoms with E-state index in [0.29, 0.717) is 0 Å². The number of benzene rings is 2. The van der Waals surface area contributed by atoms with Gasteiger partial charge in [-0.05, 0) is 39.2 Å². The quantitative estimate of drug-likeness (QED) is 0.644. The van der Waals surface area contributed by atoms with E-state index >= 15 is 0 Å². The van der Waals surface area contributed by atoms with Crippen molar-refractivity contribution in [1.29, 1.82) is 0 Å². The Bertz CT molecular complexity index is 1040. The Balaban J connectivity index is 1.89. The van der Waals surface area contributed by atoms with Gasteiger partial charge in [0.2, 0.25) is 0 Å². The lowest BCUT2D eigenvalue weighted by atomic mass is 10.1. The van der Waals surface area contributed by atoms with E-state index in [1.54, 1.807) is 0 Å². The lowest BCUT2D eigenvalue weighted by molar-refractivity contribution is 0.0589. The van der Waals surface area contributed by atoms with Gasteiger partial charge in [-0.2, -0.15) is 0 Å². The maximum absolute atomic E-state index is 13.5. The van der Waals surface area contributed by atoms with Crippen LogP contribution in [0.1, 0.15) is 16.8 Å². The summed E-state index contributed by atoms with van der Waals surface area (Å²) in [4.78, 5) is 26.3. The van der Waals surface area contributed by atoms with Crippen molar-refractivity contribution in [2.24, 2.45) is 0 Å². The summed E-state index contributed by atoms with van der Waals surface area (Å²) in [6.07, 6.45) is -0.0247. The molecule has 0 fully saturated rings. The molecule has 140 valence electrons. The van der Waals surface area contributed by atoms with Crippen LogP contribution in [0.15, 0.2) is 62.6 Å². The minimum Gasteiger partial charge on any atom is -0.356 e. The van der Waals surface area contributed by atoms with Crippen molar-refractivity contribution >= 4 is 15.9 Å². The Hall–Kier alpha value is -2.58. The third-order valence-corrected chi connectivity index (χ3v) is 4.69. The molecule has 0 aliphatic carbocycles. The van der Waals surface area contributed by atoms with Gasteiger partial charge >= 0.3 is 5.69 Å². The molecule has 0 aliphatic rings. The molecule has 3 rings (SSSR count). The standard InChI is InChI=1S/C19H15BrF2N2O3/c20-17-16(8-13-6-14(21)9-15(22)7-13)24(19(26)23-18(17)25)11-27-10-12-4-2-1-3-5-12/h1-7,9H,8,10-11H2,(H,23,25,26). The van der Waals surface area contributed by atoms with Crippen molar-refractivity contribution in [3.63, 3.8) is 0 Å². The Morgan fingerprint density at radius 2 is 1.67 bits per heavy atom. The fourth-order valence-corrected chi connectivity index (χ4v) is 3.09. The summed E-state index contributed by atoms with van der Waals surface area (Å²) in [5, 5.41) is 0. The van der Waals surface area contributed by atoms with Crippen molar-refractivity contribution in [2.75, 3.05) is 0 Å². The van der Waals surface area contributed by atoms with Crippen LogP contribution < -0.4 is 11.2 Å². The van der Waals surface area contributed by atoms with E-state index in [1.165, 1.54) is 4.57 Å². The van der Waals surface area contributed by atoms with Crippen LogP contribution in [-0.2, 0) is 24.5 Å². The molecule has 2 aromatic carbocycles. The Labute approximate surface area is 161 Å². The van der Waals surface area contributed by atoms with Gasteiger partial charge in [-0.15, -0.1) is 0 Å². The van der Waals surface area contributed by atoms with Crippen molar-refractivity contribution in [3.8, 4) is 0 Å². The summed E-state index contributed by atoms with van der Waals surface area (Å²) in [6, 6.07) is 12.4. The van der Waals surface area contributed by atoms with Crippen molar-refractivity contribution in [3.05, 3.63) is 102 Å². The number of hydrogen-bond acceptors (Lipinski definition) is 3. The first kappa shape index (κ1) is 19.2. The molecular weight excluding hydrogens is 422 g/mol. The first-order chi connectivity index (χ1) is 12.9. The van der Waals surface area contributed by atoms with Gasteiger partial charge in [-0.1, -0.05) is 30.3 Å². The van der Waals surface area contributed by atoms with Gasteiger partial charge in [-0.25, -0.2) is 13.6 Å². The van der Waals surface area contributed by atoms with Gasteiger partial charge in [0, 0.05) is 18.2 Å². The predicted octanol–water partition coefficient (Wildman–Crippen LogP) is 3.34. The highest BCUT2D eigenvalue weighted by molar-refractivity contribution is 9.10. The summed E-state index contributed by atoms with van der Waals surface area (Å²) in [5.74, 6) is -1.47. The lowest BCUT2D eigenvalue weighted by Gasteiger charge is -2.14. The molecule has 8 heteroatoms. The summed E-state index contributed by atoms with van der Waals surface area (Å²) < 4.78 is 33.8. The molecule has 3 aromatic rings. The van der Waals surface area contributed by atoms with E-state index in [1.807, 2.05) is 30.3 Å². The van der Waals surface area contributed by atoms with Crippen LogP contribution >= 0.6 is 15.9 Å². The summed E-state index contributed by atoms with van der Waals surface area (Å²) in [6.45, 7) is 0.133. The number of H-pyrrole nitrogens is 1. The van der Waals surface area contributed by atoms with Crippen LogP contribution in [0.5, 0.6) is 0 Å². The Morgan fingerprint density at radius 1 is 1.00 bits per heavy atom. The molecule has 0 aliphatic heterocycles. The molecule has 0 spiro atoms. The van der Waals surface area contributed by atoms with Gasteiger partial charge in [-0.3, -0.25) is 14.3 Å². The first-order valence-corrected chi connectivity index (χ1v) is 8.81. The largest absolute Gasteiger partial charge is 0.356 e. The fourth-order valence-electron chi connectivity index (χ4n) is 2.64. The molecule has 5 nitrogen and oxygen atoms in total. The van der Waals surface area contributed by atoms with Crippen LogP contribution in [-0.4, -0.2) is 9.55 Å². The van der Waals surface area contributed by atoms with Gasteiger partial charge in [0.1, 0.15) is 22.8 Å². The summed E-state index contributed by atoms with van der Waals surface area (Å²) in [7, 11) is 0. The first-order valence-electron chi connectivity index (χ1n) is 8.02. The number of ether oxygens (including phenoxy) is 1. The number of rotatable bonds is 6. The summed E-state index contributed by atoms with van der Waals surface area (Å²) >= 11 is 3.15. The molecule has 0 saturated carbocycles. The fraction of sp³-hybridized carbons (Fsp3) is 0.158. The van der Waals surface area contributed by atoms with E-state index < -0.39 is 22.9 Å². The third kappa shape index (κ3) is 4.78. The zero-order valence-electron chi connectivity index (χ0n) is 14.0. The van der Waals surface area contributed by atoms with Gasteiger partial charge in [0.15, 0.2) is 0 Å². The maximum Gasteiger partial charge on any atom is 0.330 e. The Kier molecular flexibility index (Phi) is 5.98. The van der Waals surface area contributed by atoms with Crippen LogP contribution in [0.25, 0.3) is 0 Å². The monoisotopic (exact) mass is 436 g/mol. The highest BCUT2D eigenvalue weighted by Gasteiger charge is 2.15. The second-order valence-electron chi connectivity index (χ2n) is 5.87. The zero-order chi connectivity index (χ0) is 19.4. The molecule has 0 amide bonds. The zero-order valence-corrected chi connectivity index (χ0v) is 15.6. The maximum atomic E-state index is 13.5. The summed E-state index contributed by atoms with van der Waals surface area (Å²) in [5.41, 5.74) is 0.189. The van der Waals surface area contributed by atoms with E-state index in [2.05, 4.69) is 20.9 Å². The van der Waals surface area contributed by atoms with Crippen molar-refractivity contribution in [2.45, 2.75) is 19.8 Å². The third-order valence-electron chi connectivity index (χ3n) is 3.87.